The second-order valence-electron chi connectivity index (χ2n) is 3.88. The standard InChI is InChI=1S/C13H13Br2NOS/c1-8(13-12(15)3-4-18-13)16-10-5-9(14)6-11(7-10)17-2/h3-8,16H,1-2H3. The maximum Gasteiger partial charge on any atom is 0.122 e. The Morgan fingerprint density at radius 3 is 2.67 bits per heavy atom. The van der Waals surface area contributed by atoms with Gasteiger partial charge in [0.1, 0.15) is 5.75 Å². The van der Waals surface area contributed by atoms with Crippen LogP contribution in [0.2, 0.25) is 0 Å². The third-order valence-corrected chi connectivity index (χ3v) is 5.04. The van der Waals surface area contributed by atoms with Gasteiger partial charge in [0.05, 0.1) is 13.2 Å². The Bertz CT molecular complexity index is 542. The van der Waals surface area contributed by atoms with E-state index in [0.29, 0.717) is 0 Å². The number of hydrogen-bond acceptors (Lipinski definition) is 3. The molecule has 1 atom stereocenters. The van der Waals surface area contributed by atoms with E-state index in [0.717, 1.165) is 20.4 Å². The molecule has 0 aliphatic carbocycles. The molecule has 1 unspecified atom stereocenters. The molecule has 2 aromatic rings. The predicted octanol–water partition coefficient (Wildman–Crippen LogP) is 5.45. The fourth-order valence-electron chi connectivity index (χ4n) is 1.69. The highest BCUT2D eigenvalue weighted by atomic mass is 79.9. The van der Waals surface area contributed by atoms with Crippen LogP contribution in [0.4, 0.5) is 5.69 Å². The van der Waals surface area contributed by atoms with Gasteiger partial charge in [-0.25, -0.2) is 0 Å². The van der Waals surface area contributed by atoms with Crippen LogP contribution in [0.15, 0.2) is 38.6 Å². The Morgan fingerprint density at radius 1 is 1.28 bits per heavy atom. The number of hydrogen-bond donors (Lipinski definition) is 1. The summed E-state index contributed by atoms with van der Waals surface area (Å²) in [5, 5.41) is 5.55. The molecule has 2 rings (SSSR count). The van der Waals surface area contributed by atoms with Crippen molar-refractivity contribution in [2.24, 2.45) is 0 Å². The van der Waals surface area contributed by atoms with Crippen molar-refractivity contribution in [3.8, 4) is 5.75 Å². The summed E-state index contributed by atoms with van der Waals surface area (Å²) in [6.07, 6.45) is 0. The summed E-state index contributed by atoms with van der Waals surface area (Å²) < 4.78 is 7.40. The summed E-state index contributed by atoms with van der Waals surface area (Å²) in [5.74, 6) is 0.837. The number of thiophene rings is 1. The van der Waals surface area contributed by atoms with Gasteiger partial charge in [0.2, 0.25) is 0 Å². The van der Waals surface area contributed by atoms with Gasteiger partial charge in [0.15, 0.2) is 0 Å². The topological polar surface area (TPSA) is 21.3 Å². The first-order chi connectivity index (χ1) is 8.60. The third-order valence-electron chi connectivity index (χ3n) is 2.53. The summed E-state index contributed by atoms with van der Waals surface area (Å²) >= 11 is 8.78. The third kappa shape index (κ3) is 3.28. The molecule has 0 spiro atoms. The van der Waals surface area contributed by atoms with Gasteiger partial charge in [0.25, 0.3) is 0 Å². The quantitative estimate of drug-likeness (QED) is 0.748. The summed E-state index contributed by atoms with van der Waals surface area (Å²) in [7, 11) is 1.67. The Kier molecular flexibility index (Phi) is 4.70. The smallest absolute Gasteiger partial charge is 0.122 e. The Hall–Kier alpha value is -0.520. The average Bonchev–Trinajstić information content (AvgIpc) is 2.74. The number of methoxy groups -OCH3 is 1. The van der Waals surface area contributed by atoms with Gasteiger partial charge >= 0.3 is 0 Å². The second kappa shape index (κ2) is 6.08. The molecule has 0 amide bonds. The molecular weight excluding hydrogens is 378 g/mol. The largest absolute Gasteiger partial charge is 0.497 e. The lowest BCUT2D eigenvalue weighted by atomic mass is 10.2. The zero-order valence-electron chi connectivity index (χ0n) is 10.0. The molecule has 1 N–H and O–H groups in total. The van der Waals surface area contributed by atoms with E-state index < -0.39 is 0 Å². The highest BCUT2D eigenvalue weighted by Crippen LogP contribution is 2.32. The maximum atomic E-state index is 5.26. The Morgan fingerprint density at radius 2 is 2.06 bits per heavy atom. The first-order valence-electron chi connectivity index (χ1n) is 5.44. The van der Waals surface area contributed by atoms with Crippen LogP contribution in [0, 0.1) is 0 Å². The highest BCUT2D eigenvalue weighted by molar-refractivity contribution is 9.10. The number of anilines is 1. The van der Waals surface area contributed by atoms with Crippen LogP contribution in [-0.4, -0.2) is 7.11 Å². The van der Waals surface area contributed by atoms with Crippen molar-refractivity contribution in [2.45, 2.75) is 13.0 Å². The Balaban J connectivity index is 2.19. The summed E-state index contributed by atoms with van der Waals surface area (Å²) in [6.45, 7) is 2.14. The van der Waals surface area contributed by atoms with E-state index in [2.05, 4.69) is 55.5 Å². The van der Waals surface area contributed by atoms with Crippen molar-refractivity contribution in [1.29, 1.82) is 0 Å². The molecule has 96 valence electrons. The van der Waals surface area contributed by atoms with Crippen LogP contribution < -0.4 is 10.1 Å². The van der Waals surface area contributed by atoms with Crippen LogP contribution in [-0.2, 0) is 0 Å². The molecular formula is C13H13Br2NOS. The molecule has 0 saturated heterocycles. The van der Waals surface area contributed by atoms with E-state index >= 15 is 0 Å². The lowest BCUT2D eigenvalue weighted by Gasteiger charge is -2.15. The van der Waals surface area contributed by atoms with Gasteiger partial charge in [-0.05, 0) is 46.4 Å². The molecule has 0 radical (unpaired) electrons. The van der Waals surface area contributed by atoms with Crippen molar-refractivity contribution in [3.63, 3.8) is 0 Å². The van der Waals surface area contributed by atoms with E-state index in [-0.39, 0.29) is 6.04 Å². The molecule has 2 nitrogen and oxygen atoms in total. The van der Waals surface area contributed by atoms with Gasteiger partial charge in [0, 0.05) is 25.6 Å². The summed E-state index contributed by atoms with van der Waals surface area (Å²) in [5.41, 5.74) is 1.04. The van der Waals surface area contributed by atoms with Gasteiger partial charge in [-0.1, -0.05) is 15.9 Å². The van der Waals surface area contributed by atoms with Crippen molar-refractivity contribution in [2.75, 3.05) is 12.4 Å². The first-order valence-corrected chi connectivity index (χ1v) is 7.90. The zero-order chi connectivity index (χ0) is 13.1. The van der Waals surface area contributed by atoms with E-state index in [1.165, 1.54) is 4.88 Å². The molecule has 18 heavy (non-hydrogen) atoms. The fourth-order valence-corrected chi connectivity index (χ4v) is 3.89. The van der Waals surface area contributed by atoms with E-state index in [1.807, 2.05) is 18.2 Å². The second-order valence-corrected chi connectivity index (χ2v) is 6.60. The lowest BCUT2D eigenvalue weighted by molar-refractivity contribution is 0.414. The van der Waals surface area contributed by atoms with Crippen LogP contribution in [0.5, 0.6) is 5.75 Å². The van der Waals surface area contributed by atoms with Gasteiger partial charge in [-0.3, -0.25) is 0 Å². The molecule has 0 fully saturated rings. The van der Waals surface area contributed by atoms with Crippen LogP contribution >= 0.6 is 43.2 Å². The van der Waals surface area contributed by atoms with Crippen molar-refractivity contribution in [1.82, 2.24) is 0 Å². The summed E-state index contributed by atoms with van der Waals surface area (Å²) in [4.78, 5) is 1.29. The summed E-state index contributed by atoms with van der Waals surface area (Å²) in [6, 6.07) is 8.29. The van der Waals surface area contributed by atoms with Gasteiger partial charge < -0.3 is 10.1 Å². The number of ether oxygens (including phenoxy) is 1. The van der Waals surface area contributed by atoms with E-state index in [9.17, 15) is 0 Å². The molecule has 5 heteroatoms. The zero-order valence-corrected chi connectivity index (χ0v) is 14.0. The minimum absolute atomic E-state index is 0.249. The first kappa shape index (κ1) is 13.9. The van der Waals surface area contributed by atoms with Crippen LogP contribution in [0.3, 0.4) is 0 Å². The van der Waals surface area contributed by atoms with E-state index in [1.54, 1.807) is 18.4 Å². The van der Waals surface area contributed by atoms with Crippen LogP contribution in [0.25, 0.3) is 0 Å². The molecule has 0 bridgehead atoms. The predicted molar refractivity (Wildman–Crippen MR) is 84.8 cm³/mol. The van der Waals surface area contributed by atoms with Crippen LogP contribution in [0.1, 0.15) is 17.8 Å². The van der Waals surface area contributed by atoms with E-state index in [4.69, 9.17) is 4.74 Å². The molecule has 0 aliphatic rings. The number of nitrogens with one attached hydrogen (secondary N) is 1. The minimum Gasteiger partial charge on any atom is -0.497 e. The molecule has 1 heterocycles. The van der Waals surface area contributed by atoms with Gasteiger partial charge in [-0.2, -0.15) is 0 Å². The minimum atomic E-state index is 0.249. The molecule has 1 aromatic carbocycles. The SMILES string of the molecule is COc1cc(Br)cc(NC(C)c2sccc2Br)c1. The number of halogens is 2. The normalized spacial score (nSPS) is 12.2. The monoisotopic (exact) mass is 389 g/mol. The molecule has 0 saturated carbocycles. The fraction of sp³-hybridized carbons (Fsp3) is 0.231. The van der Waals surface area contributed by atoms with Crippen molar-refractivity contribution in [3.05, 3.63) is 43.5 Å². The number of rotatable bonds is 4. The maximum absolute atomic E-state index is 5.26. The molecule has 1 aromatic heterocycles. The Labute approximate surface area is 128 Å². The lowest BCUT2D eigenvalue weighted by Crippen LogP contribution is -2.05. The van der Waals surface area contributed by atoms with Crippen molar-refractivity contribution >= 4 is 48.9 Å². The average molecular weight is 391 g/mol. The molecule has 0 aliphatic heterocycles. The van der Waals surface area contributed by atoms with Crippen molar-refractivity contribution < 1.29 is 4.74 Å². The number of benzene rings is 1. The van der Waals surface area contributed by atoms with Gasteiger partial charge in [-0.15, -0.1) is 11.3 Å². The highest BCUT2D eigenvalue weighted by Gasteiger charge is 2.11.